The Morgan fingerprint density at radius 2 is 1.60 bits per heavy atom. The van der Waals surface area contributed by atoms with Crippen LogP contribution >= 0.6 is 11.6 Å². The van der Waals surface area contributed by atoms with Crippen LogP contribution in [0.15, 0.2) is 30.3 Å². The predicted molar refractivity (Wildman–Crippen MR) is 65.7 cm³/mol. The Labute approximate surface area is 116 Å². The van der Waals surface area contributed by atoms with Gasteiger partial charge in [-0.05, 0) is 18.2 Å². The van der Waals surface area contributed by atoms with E-state index in [1.54, 1.807) is 0 Å². The molecule has 0 spiro atoms. The fraction of sp³-hybridized carbons (Fsp3) is 0. The summed E-state index contributed by atoms with van der Waals surface area (Å²) in [5, 5.41) is 1.90. The molecule has 0 saturated heterocycles. The maximum atomic E-state index is 13.4. The highest BCUT2D eigenvalue weighted by Crippen LogP contribution is 2.25. The van der Waals surface area contributed by atoms with Gasteiger partial charge in [0, 0.05) is 6.07 Å². The van der Waals surface area contributed by atoms with Crippen LogP contribution in [0.4, 0.5) is 23.2 Å². The summed E-state index contributed by atoms with van der Waals surface area (Å²) in [6.45, 7) is 0. The quantitative estimate of drug-likeness (QED) is 0.655. The predicted octanol–water partition coefficient (Wildman–Crippen LogP) is 4.15. The van der Waals surface area contributed by atoms with Gasteiger partial charge in [-0.2, -0.15) is 0 Å². The second-order valence-electron chi connectivity index (χ2n) is 3.80. The molecule has 0 bridgehead atoms. The summed E-state index contributed by atoms with van der Waals surface area (Å²) in [5.74, 6) is -6.07. The van der Waals surface area contributed by atoms with Gasteiger partial charge in [0.2, 0.25) is 0 Å². The zero-order valence-electron chi connectivity index (χ0n) is 9.68. The van der Waals surface area contributed by atoms with Gasteiger partial charge in [0.25, 0.3) is 5.91 Å². The summed E-state index contributed by atoms with van der Waals surface area (Å²) < 4.78 is 52.6. The van der Waals surface area contributed by atoms with E-state index in [-0.39, 0.29) is 16.8 Å². The van der Waals surface area contributed by atoms with Crippen molar-refractivity contribution < 1.29 is 22.4 Å². The maximum Gasteiger partial charge on any atom is 0.258 e. The highest BCUT2D eigenvalue weighted by Gasteiger charge is 2.18. The molecule has 0 heterocycles. The van der Waals surface area contributed by atoms with Crippen molar-refractivity contribution in [2.45, 2.75) is 0 Å². The zero-order valence-corrected chi connectivity index (χ0v) is 10.4. The van der Waals surface area contributed by atoms with Gasteiger partial charge in [-0.3, -0.25) is 4.79 Å². The molecule has 0 saturated carbocycles. The van der Waals surface area contributed by atoms with E-state index in [4.69, 9.17) is 11.6 Å². The van der Waals surface area contributed by atoms with Crippen LogP contribution in [-0.2, 0) is 0 Å². The number of nitrogens with one attached hydrogen (secondary N) is 1. The van der Waals surface area contributed by atoms with Crippen molar-refractivity contribution in [2.24, 2.45) is 0 Å². The van der Waals surface area contributed by atoms with Crippen LogP contribution in [0.25, 0.3) is 0 Å². The maximum absolute atomic E-state index is 13.4. The Hall–Kier alpha value is -2.08. The van der Waals surface area contributed by atoms with Crippen LogP contribution < -0.4 is 5.32 Å². The number of hydrogen-bond donors (Lipinski definition) is 1. The van der Waals surface area contributed by atoms with Gasteiger partial charge >= 0.3 is 0 Å². The third kappa shape index (κ3) is 2.75. The van der Waals surface area contributed by atoms with Crippen molar-refractivity contribution in [1.29, 1.82) is 0 Å². The molecule has 104 valence electrons. The lowest BCUT2D eigenvalue weighted by molar-refractivity contribution is 0.102. The standard InChI is InChI=1S/C13H6ClF4NO/c14-7-2-1-3-8(15)12(7)19-13(20)6-4-10(17)11(18)5-9(6)16/h1-5H,(H,19,20). The number of halogens is 5. The molecule has 0 aliphatic rings. The SMILES string of the molecule is O=C(Nc1c(F)cccc1Cl)c1cc(F)c(F)cc1F. The zero-order chi connectivity index (χ0) is 14.9. The Kier molecular flexibility index (Phi) is 3.94. The highest BCUT2D eigenvalue weighted by atomic mass is 35.5. The lowest BCUT2D eigenvalue weighted by Gasteiger charge is -2.09. The molecular formula is C13H6ClF4NO. The molecule has 0 radical (unpaired) electrons. The first-order valence-corrected chi connectivity index (χ1v) is 5.68. The second-order valence-corrected chi connectivity index (χ2v) is 4.20. The van der Waals surface area contributed by atoms with Crippen LogP contribution in [0.5, 0.6) is 0 Å². The highest BCUT2D eigenvalue weighted by molar-refractivity contribution is 6.34. The molecular weight excluding hydrogens is 298 g/mol. The summed E-state index contributed by atoms with van der Waals surface area (Å²) in [5.41, 5.74) is -1.13. The molecule has 2 aromatic carbocycles. The summed E-state index contributed by atoms with van der Waals surface area (Å²) in [7, 11) is 0. The van der Waals surface area contributed by atoms with Crippen LogP contribution in [-0.4, -0.2) is 5.91 Å². The first-order chi connectivity index (χ1) is 9.40. The van der Waals surface area contributed by atoms with Crippen molar-refractivity contribution in [3.8, 4) is 0 Å². The summed E-state index contributed by atoms with van der Waals surface area (Å²) in [6.07, 6.45) is 0. The normalized spacial score (nSPS) is 10.4. The molecule has 0 aliphatic heterocycles. The number of amides is 1. The molecule has 0 fully saturated rings. The number of carbonyl (C=O) groups is 1. The van der Waals surface area contributed by atoms with Crippen LogP contribution in [0, 0.1) is 23.3 Å². The molecule has 20 heavy (non-hydrogen) atoms. The molecule has 0 aromatic heterocycles. The van der Waals surface area contributed by atoms with Gasteiger partial charge in [0.1, 0.15) is 11.6 Å². The van der Waals surface area contributed by atoms with Gasteiger partial charge in [-0.25, -0.2) is 17.6 Å². The monoisotopic (exact) mass is 303 g/mol. The average molecular weight is 304 g/mol. The minimum absolute atomic E-state index is 0.110. The Bertz CT molecular complexity index is 670. The fourth-order valence-electron chi connectivity index (χ4n) is 1.49. The van der Waals surface area contributed by atoms with Crippen molar-refractivity contribution in [1.82, 2.24) is 0 Å². The average Bonchev–Trinajstić information content (AvgIpc) is 2.38. The fourth-order valence-corrected chi connectivity index (χ4v) is 1.70. The van der Waals surface area contributed by atoms with Crippen molar-refractivity contribution >= 4 is 23.2 Å². The van der Waals surface area contributed by atoms with Gasteiger partial charge in [0.15, 0.2) is 11.6 Å². The van der Waals surface area contributed by atoms with E-state index in [1.807, 2.05) is 5.32 Å². The second kappa shape index (κ2) is 5.50. The van der Waals surface area contributed by atoms with Crippen molar-refractivity contribution in [2.75, 3.05) is 5.32 Å². The van der Waals surface area contributed by atoms with E-state index >= 15 is 0 Å². The number of hydrogen-bond acceptors (Lipinski definition) is 1. The molecule has 7 heteroatoms. The molecule has 2 rings (SSSR count). The number of carbonyl (C=O) groups excluding carboxylic acids is 1. The van der Waals surface area contributed by atoms with E-state index in [1.165, 1.54) is 12.1 Å². The van der Waals surface area contributed by atoms with E-state index in [0.717, 1.165) is 6.07 Å². The van der Waals surface area contributed by atoms with Gasteiger partial charge in [-0.1, -0.05) is 17.7 Å². The number of para-hydroxylation sites is 1. The number of rotatable bonds is 2. The van der Waals surface area contributed by atoms with E-state index in [2.05, 4.69) is 0 Å². The van der Waals surface area contributed by atoms with E-state index in [0.29, 0.717) is 6.07 Å². The number of benzene rings is 2. The largest absolute Gasteiger partial charge is 0.318 e. The molecule has 2 nitrogen and oxygen atoms in total. The first-order valence-electron chi connectivity index (χ1n) is 5.30. The molecule has 0 aliphatic carbocycles. The van der Waals surface area contributed by atoms with Gasteiger partial charge in [0.05, 0.1) is 16.3 Å². The van der Waals surface area contributed by atoms with Crippen LogP contribution in [0.1, 0.15) is 10.4 Å². The lowest BCUT2D eigenvalue weighted by atomic mass is 10.1. The Morgan fingerprint density at radius 3 is 2.25 bits per heavy atom. The summed E-state index contributed by atoms with van der Waals surface area (Å²) in [6, 6.07) is 4.26. The van der Waals surface area contributed by atoms with Gasteiger partial charge in [-0.15, -0.1) is 0 Å². The third-order valence-corrected chi connectivity index (χ3v) is 2.77. The van der Waals surface area contributed by atoms with Crippen LogP contribution in [0.2, 0.25) is 5.02 Å². The van der Waals surface area contributed by atoms with Gasteiger partial charge < -0.3 is 5.32 Å². The van der Waals surface area contributed by atoms with E-state index in [9.17, 15) is 22.4 Å². The lowest BCUT2D eigenvalue weighted by Crippen LogP contribution is -2.16. The smallest absolute Gasteiger partial charge is 0.258 e. The summed E-state index contributed by atoms with van der Waals surface area (Å²) >= 11 is 5.67. The minimum atomic E-state index is -1.43. The molecule has 2 aromatic rings. The minimum Gasteiger partial charge on any atom is -0.318 e. The molecule has 0 atom stereocenters. The number of anilines is 1. The van der Waals surface area contributed by atoms with E-state index < -0.39 is 34.7 Å². The summed E-state index contributed by atoms with van der Waals surface area (Å²) in [4.78, 5) is 11.7. The first kappa shape index (κ1) is 14.3. The molecule has 0 unspecified atom stereocenters. The molecule has 1 N–H and O–H groups in total. The van der Waals surface area contributed by atoms with Crippen LogP contribution in [0.3, 0.4) is 0 Å². The Morgan fingerprint density at radius 1 is 0.950 bits per heavy atom. The Balaban J connectivity index is 2.36. The van der Waals surface area contributed by atoms with Crippen molar-refractivity contribution in [3.05, 3.63) is 64.2 Å². The van der Waals surface area contributed by atoms with Crippen molar-refractivity contribution in [3.63, 3.8) is 0 Å². The molecule has 1 amide bonds. The topological polar surface area (TPSA) is 29.1 Å². The third-order valence-electron chi connectivity index (χ3n) is 2.46.